The molecule has 90 valence electrons. The number of hydrogen-bond acceptors (Lipinski definition) is 4. The highest BCUT2D eigenvalue weighted by Crippen LogP contribution is 2.29. The van der Waals surface area contributed by atoms with E-state index in [1.165, 1.54) is 18.3 Å². The van der Waals surface area contributed by atoms with Crippen LogP contribution in [0.5, 0.6) is 0 Å². The molecule has 0 saturated heterocycles. The first-order valence-corrected chi connectivity index (χ1v) is 6.43. The van der Waals surface area contributed by atoms with Crippen LogP contribution in [0.15, 0.2) is 41.9 Å². The van der Waals surface area contributed by atoms with Crippen LogP contribution in [-0.4, -0.2) is 10.8 Å². The van der Waals surface area contributed by atoms with E-state index in [0.29, 0.717) is 6.42 Å². The van der Waals surface area contributed by atoms with Crippen LogP contribution in [0.3, 0.4) is 0 Å². The van der Waals surface area contributed by atoms with Gasteiger partial charge in [-0.25, -0.2) is 4.98 Å². The summed E-state index contributed by atoms with van der Waals surface area (Å²) in [7, 11) is 0. The van der Waals surface area contributed by atoms with Crippen LogP contribution in [0.4, 0.5) is 0 Å². The minimum Gasteiger partial charge on any atom is -0.298 e. The normalized spacial score (nSPS) is 13.6. The van der Waals surface area contributed by atoms with Crippen LogP contribution < -0.4 is 0 Å². The second-order valence-corrected chi connectivity index (χ2v) is 5.02. The molecule has 2 rings (SSSR count). The van der Waals surface area contributed by atoms with Gasteiger partial charge in [0.1, 0.15) is 5.41 Å². The molecular formula is C14H12N2OS. The standard InChI is InChI=1S/C14H12N2OS/c1-11(17)14(10-15,9-13-16-7-8-18-13)12-5-3-2-4-6-12/h2-8H,9H2,1H3. The average molecular weight is 256 g/mol. The molecule has 0 amide bonds. The highest BCUT2D eigenvalue weighted by Gasteiger charge is 2.38. The molecule has 0 fully saturated rings. The van der Waals surface area contributed by atoms with Crippen molar-refractivity contribution in [1.29, 1.82) is 5.26 Å². The topological polar surface area (TPSA) is 53.8 Å². The molecule has 0 N–H and O–H groups in total. The van der Waals surface area contributed by atoms with Crippen molar-refractivity contribution in [2.24, 2.45) is 0 Å². The van der Waals surface area contributed by atoms with Crippen LogP contribution in [0.1, 0.15) is 17.5 Å². The third-order valence-corrected chi connectivity index (χ3v) is 3.74. The number of carbonyl (C=O) groups is 1. The number of hydrogen-bond donors (Lipinski definition) is 0. The quantitative estimate of drug-likeness (QED) is 0.845. The lowest BCUT2D eigenvalue weighted by atomic mass is 9.76. The van der Waals surface area contributed by atoms with Gasteiger partial charge in [-0.2, -0.15) is 5.26 Å². The van der Waals surface area contributed by atoms with Gasteiger partial charge in [0, 0.05) is 18.0 Å². The molecule has 0 spiro atoms. The van der Waals surface area contributed by atoms with E-state index >= 15 is 0 Å². The first-order chi connectivity index (χ1) is 8.69. The summed E-state index contributed by atoms with van der Waals surface area (Å²) in [5, 5.41) is 12.2. The molecule has 0 bridgehead atoms. The molecule has 0 radical (unpaired) electrons. The number of nitriles is 1. The number of rotatable bonds is 4. The predicted octanol–water partition coefficient (Wildman–Crippen LogP) is 2.74. The van der Waals surface area contributed by atoms with Gasteiger partial charge in [-0.1, -0.05) is 30.3 Å². The maximum atomic E-state index is 12.0. The zero-order valence-electron chi connectivity index (χ0n) is 9.96. The second kappa shape index (κ2) is 5.11. The molecule has 1 unspecified atom stereocenters. The van der Waals surface area contributed by atoms with Crippen LogP contribution >= 0.6 is 11.3 Å². The van der Waals surface area contributed by atoms with Crippen LogP contribution in [0.25, 0.3) is 0 Å². The summed E-state index contributed by atoms with van der Waals surface area (Å²) < 4.78 is 0. The lowest BCUT2D eigenvalue weighted by Gasteiger charge is -2.23. The molecule has 3 nitrogen and oxygen atoms in total. The fraction of sp³-hybridized carbons (Fsp3) is 0.214. The van der Waals surface area contributed by atoms with Crippen molar-refractivity contribution in [1.82, 2.24) is 4.98 Å². The molecule has 1 aromatic carbocycles. The summed E-state index contributed by atoms with van der Waals surface area (Å²) in [4.78, 5) is 16.2. The Morgan fingerprint density at radius 2 is 2.17 bits per heavy atom. The van der Waals surface area contributed by atoms with Gasteiger partial charge in [-0.05, 0) is 12.5 Å². The van der Waals surface area contributed by atoms with Gasteiger partial charge in [0.15, 0.2) is 5.78 Å². The number of aromatic nitrogens is 1. The van der Waals surface area contributed by atoms with E-state index in [0.717, 1.165) is 10.6 Å². The van der Waals surface area contributed by atoms with Crippen LogP contribution in [0, 0.1) is 11.3 Å². The molecule has 2 aromatic rings. The summed E-state index contributed by atoms with van der Waals surface area (Å²) in [6, 6.07) is 11.4. The number of carbonyl (C=O) groups excluding carboxylic acids is 1. The van der Waals surface area contributed by atoms with Crippen molar-refractivity contribution in [3.63, 3.8) is 0 Å². The maximum Gasteiger partial charge on any atom is 0.154 e. The zero-order chi connectivity index (χ0) is 13.0. The lowest BCUT2D eigenvalue weighted by molar-refractivity contribution is -0.120. The van der Waals surface area contributed by atoms with Crippen molar-refractivity contribution in [3.8, 4) is 6.07 Å². The fourth-order valence-electron chi connectivity index (χ4n) is 1.90. The van der Waals surface area contributed by atoms with Crippen molar-refractivity contribution in [2.45, 2.75) is 18.8 Å². The fourth-order valence-corrected chi connectivity index (χ4v) is 2.60. The minimum absolute atomic E-state index is 0.147. The molecule has 0 aliphatic heterocycles. The number of nitrogens with zero attached hydrogens (tertiary/aromatic N) is 2. The van der Waals surface area contributed by atoms with Gasteiger partial charge < -0.3 is 0 Å². The number of benzene rings is 1. The second-order valence-electron chi connectivity index (χ2n) is 4.04. The van der Waals surface area contributed by atoms with Crippen molar-refractivity contribution >= 4 is 17.1 Å². The summed E-state index contributed by atoms with van der Waals surface area (Å²) in [6.07, 6.45) is 2.02. The Balaban J connectivity index is 2.48. The van der Waals surface area contributed by atoms with E-state index in [1.807, 2.05) is 35.7 Å². The lowest BCUT2D eigenvalue weighted by Crippen LogP contribution is -2.35. The van der Waals surface area contributed by atoms with Crippen molar-refractivity contribution in [2.75, 3.05) is 0 Å². The first kappa shape index (κ1) is 12.5. The summed E-state index contributed by atoms with van der Waals surface area (Å²) >= 11 is 1.46. The Hall–Kier alpha value is -1.99. The van der Waals surface area contributed by atoms with E-state index in [-0.39, 0.29) is 5.78 Å². The summed E-state index contributed by atoms with van der Waals surface area (Å²) in [5.41, 5.74) is -0.394. The molecule has 18 heavy (non-hydrogen) atoms. The number of Topliss-reactive ketones (excluding diaryl/α,β-unsaturated/α-hetero) is 1. The monoisotopic (exact) mass is 256 g/mol. The van der Waals surface area contributed by atoms with E-state index in [2.05, 4.69) is 11.1 Å². The smallest absolute Gasteiger partial charge is 0.154 e. The number of thiazole rings is 1. The van der Waals surface area contributed by atoms with Crippen LogP contribution in [-0.2, 0) is 16.6 Å². The Kier molecular flexibility index (Phi) is 3.54. The maximum absolute atomic E-state index is 12.0. The Bertz CT molecular complexity index is 572. The number of ketones is 1. The molecule has 4 heteroatoms. The van der Waals surface area contributed by atoms with Crippen LogP contribution in [0.2, 0.25) is 0 Å². The van der Waals surface area contributed by atoms with Crippen molar-refractivity contribution in [3.05, 3.63) is 52.5 Å². The van der Waals surface area contributed by atoms with E-state index in [4.69, 9.17) is 0 Å². The zero-order valence-corrected chi connectivity index (χ0v) is 10.8. The SMILES string of the molecule is CC(=O)C(C#N)(Cc1nccs1)c1ccccc1. The van der Waals surface area contributed by atoms with Gasteiger partial charge in [0.05, 0.1) is 11.1 Å². The molecule has 1 aromatic heterocycles. The van der Waals surface area contributed by atoms with E-state index in [9.17, 15) is 10.1 Å². The molecule has 0 aliphatic carbocycles. The highest BCUT2D eigenvalue weighted by molar-refractivity contribution is 7.09. The highest BCUT2D eigenvalue weighted by atomic mass is 32.1. The molecular weight excluding hydrogens is 244 g/mol. The Morgan fingerprint density at radius 3 is 2.67 bits per heavy atom. The van der Waals surface area contributed by atoms with Crippen molar-refractivity contribution < 1.29 is 4.79 Å². The summed E-state index contributed by atoms with van der Waals surface area (Å²) in [5.74, 6) is -0.147. The van der Waals surface area contributed by atoms with Gasteiger partial charge >= 0.3 is 0 Å². The third-order valence-electron chi connectivity index (χ3n) is 2.96. The molecule has 1 atom stereocenters. The van der Waals surface area contributed by atoms with E-state index in [1.54, 1.807) is 6.20 Å². The first-order valence-electron chi connectivity index (χ1n) is 5.55. The average Bonchev–Trinajstić information content (AvgIpc) is 2.89. The van der Waals surface area contributed by atoms with Gasteiger partial charge in [0.2, 0.25) is 0 Å². The molecule has 1 heterocycles. The predicted molar refractivity (Wildman–Crippen MR) is 70.2 cm³/mol. The third kappa shape index (κ3) is 2.18. The Labute approximate surface area is 110 Å². The largest absolute Gasteiger partial charge is 0.298 e. The minimum atomic E-state index is -1.13. The summed E-state index contributed by atoms with van der Waals surface area (Å²) in [6.45, 7) is 1.46. The van der Waals surface area contributed by atoms with Gasteiger partial charge in [-0.15, -0.1) is 11.3 Å². The molecule has 0 saturated carbocycles. The Morgan fingerprint density at radius 1 is 1.44 bits per heavy atom. The van der Waals surface area contributed by atoms with Gasteiger partial charge in [0.25, 0.3) is 0 Å². The van der Waals surface area contributed by atoms with E-state index < -0.39 is 5.41 Å². The molecule has 0 aliphatic rings. The van der Waals surface area contributed by atoms with Gasteiger partial charge in [-0.3, -0.25) is 4.79 Å².